The molecule has 1 aromatic rings. The molecule has 1 aliphatic carbocycles. The van der Waals surface area contributed by atoms with Gasteiger partial charge in [-0.05, 0) is 53.2 Å². The number of nitrogens with one attached hydrogen (secondary N) is 1. The molecule has 3 rings (SSSR count). The minimum Gasteiger partial charge on any atom is -0.466 e. The molecule has 1 heterocycles. The molecular formula is C20H28N2O6S. The Balaban J connectivity index is 1.81. The molecule has 8 nitrogen and oxygen atoms in total. The summed E-state index contributed by atoms with van der Waals surface area (Å²) in [4.78, 5) is 24.9. The number of carbonyl (C=O) groups is 2. The Kier molecular flexibility index (Phi) is 5.66. The zero-order valence-corrected chi connectivity index (χ0v) is 18.2. The van der Waals surface area contributed by atoms with E-state index in [1.54, 1.807) is 52.0 Å². The van der Waals surface area contributed by atoms with Gasteiger partial charge in [0.25, 0.3) is 0 Å². The third-order valence-corrected chi connectivity index (χ3v) is 7.03. The predicted octanol–water partition coefficient (Wildman–Crippen LogP) is 2.21. The molecule has 1 aromatic carbocycles. The van der Waals surface area contributed by atoms with Gasteiger partial charge in [0, 0.05) is 6.04 Å². The van der Waals surface area contributed by atoms with Crippen molar-refractivity contribution in [3.63, 3.8) is 0 Å². The summed E-state index contributed by atoms with van der Waals surface area (Å²) in [6.07, 6.45) is -0.383. The standard InChI is InChI=1S/C20H28N2O6S/c1-6-27-18(23)14-11-15-17(16(14)21-19(24)28-20(3,4)5)22(15)29(25,26)13-9-7-12(2)8-10-13/h7-10,14-17H,6,11H2,1-5H3,(H,21,24)/t14-,15-,16+,17-,22?/m0/s1. The number of hydrogen-bond donors (Lipinski definition) is 1. The van der Waals surface area contributed by atoms with Gasteiger partial charge < -0.3 is 14.8 Å². The second-order valence-electron chi connectivity index (χ2n) is 8.47. The first kappa shape index (κ1) is 21.6. The summed E-state index contributed by atoms with van der Waals surface area (Å²) < 4.78 is 37.9. The number of esters is 1. The molecule has 1 unspecified atom stereocenters. The topological polar surface area (TPSA) is 102 Å². The Labute approximate surface area is 171 Å². The van der Waals surface area contributed by atoms with Crippen molar-refractivity contribution in [1.82, 2.24) is 9.62 Å². The highest BCUT2D eigenvalue weighted by atomic mass is 32.2. The van der Waals surface area contributed by atoms with Gasteiger partial charge in [-0.2, -0.15) is 4.31 Å². The van der Waals surface area contributed by atoms with E-state index in [9.17, 15) is 18.0 Å². The fourth-order valence-corrected chi connectivity index (χ4v) is 5.68. The van der Waals surface area contributed by atoms with E-state index >= 15 is 0 Å². The maximum atomic E-state index is 13.0. The molecule has 1 aliphatic heterocycles. The Bertz CT molecular complexity index is 891. The van der Waals surface area contributed by atoms with Crippen molar-refractivity contribution >= 4 is 22.1 Å². The van der Waals surface area contributed by atoms with E-state index in [-0.39, 0.29) is 17.5 Å². The Morgan fingerprint density at radius 2 is 1.83 bits per heavy atom. The van der Waals surface area contributed by atoms with Gasteiger partial charge in [-0.15, -0.1) is 0 Å². The zero-order valence-electron chi connectivity index (χ0n) is 17.3. The number of nitrogens with zero attached hydrogens (tertiary/aromatic N) is 1. The lowest BCUT2D eigenvalue weighted by atomic mass is 10.0. The molecule has 1 saturated carbocycles. The number of rotatable bonds is 5. The number of fused-ring (bicyclic) bond motifs is 1. The van der Waals surface area contributed by atoms with E-state index in [0.29, 0.717) is 6.42 Å². The van der Waals surface area contributed by atoms with Crippen LogP contribution in [-0.2, 0) is 24.3 Å². The van der Waals surface area contributed by atoms with Crippen LogP contribution in [0.2, 0.25) is 0 Å². The van der Waals surface area contributed by atoms with Gasteiger partial charge in [-0.3, -0.25) is 4.79 Å². The average Bonchev–Trinajstić information content (AvgIpc) is 3.22. The molecule has 160 valence electrons. The van der Waals surface area contributed by atoms with Crippen LogP contribution >= 0.6 is 0 Å². The van der Waals surface area contributed by atoms with Crippen LogP contribution in [0.25, 0.3) is 0 Å². The van der Waals surface area contributed by atoms with Crippen molar-refractivity contribution in [2.24, 2.45) is 5.92 Å². The minimum atomic E-state index is -3.72. The van der Waals surface area contributed by atoms with Crippen LogP contribution in [0.4, 0.5) is 4.79 Å². The summed E-state index contributed by atoms with van der Waals surface area (Å²) in [6, 6.07) is 5.07. The normalized spacial score (nSPS) is 28.4. The summed E-state index contributed by atoms with van der Waals surface area (Å²) in [5.74, 6) is -1.05. The molecule has 0 spiro atoms. The maximum absolute atomic E-state index is 13.0. The quantitative estimate of drug-likeness (QED) is 0.574. The molecule has 2 fully saturated rings. The highest BCUT2D eigenvalue weighted by Gasteiger charge is 2.67. The van der Waals surface area contributed by atoms with Crippen LogP contribution in [0.5, 0.6) is 0 Å². The second kappa shape index (κ2) is 7.60. The summed E-state index contributed by atoms with van der Waals surface area (Å²) in [7, 11) is -3.72. The number of ether oxygens (including phenoxy) is 2. The van der Waals surface area contributed by atoms with Gasteiger partial charge >= 0.3 is 12.1 Å². The summed E-state index contributed by atoms with van der Waals surface area (Å²) >= 11 is 0. The number of sulfonamides is 1. The Morgan fingerprint density at radius 1 is 1.21 bits per heavy atom. The number of amides is 1. The summed E-state index contributed by atoms with van der Waals surface area (Å²) in [5.41, 5.74) is 0.250. The van der Waals surface area contributed by atoms with Crippen LogP contribution in [-0.4, -0.2) is 55.1 Å². The molecule has 1 N–H and O–H groups in total. The molecule has 1 saturated heterocycles. The number of aryl methyl sites for hydroxylation is 1. The smallest absolute Gasteiger partial charge is 0.407 e. The van der Waals surface area contributed by atoms with Crippen molar-refractivity contribution in [1.29, 1.82) is 0 Å². The van der Waals surface area contributed by atoms with E-state index in [1.807, 2.05) is 6.92 Å². The van der Waals surface area contributed by atoms with Crippen molar-refractivity contribution in [3.8, 4) is 0 Å². The first-order valence-electron chi connectivity index (χ1n) is 9.72. The highest BCUT2D eigenvalue weighted by molar-refractivity contribution is 7.89. The van der Waals surface area contributed by atoms with E-state index < -0.39 is 45.7 Å². The van der Waals surface area contributed by atoms with Crippen molar-refractivity contribution in [3.05, 3.63) is 29.8 Å². The molecule has 9 heteroatoms. The zero-order chi connectivity index (χ0) is 21.6. The number of hydrogen-bond acceptors (Lipinski definition) is 6. The van der Waals surface area contributed by atoms with Gasteiger partial charge in [0.2, 0.25) is 10.0 Å². The third-order valence-electron chi connectivity index (χ3n) is 5.09. The number of piperidine rings is 1. The number of carbonyl (C=O) groups excluding carboxylic acids is 2. The maximum Gasteiger partial charge on any atom is 0.407 e. The fraction of sp³-hybridized carbons (Fsp3) is 0.600. The summed E-state index contributed by atoms with van der Waals surface area (Å²) in [5, 5.41) is 2.71. The van der Waals surface area contributed by atoms with Crippen LogP contribution in [0, 0.1) is 12.8 Å². The van der Waals surface area contributed by atoms with Gasteiger partial charge in [-0.25, -0.2) is 13.2 Å². The van der Waals surface area contributed by atoms with Gasteiger partial charge in [0.1, 0.15) is 5.60 Å². The van der Waals surface area contributed by atoms with Crippen molar-refractivity contribution in [2.75, 3.05) is 6.61 Å². The molecule has 0 aromatic heterocycles. The molecule has 29 heavy (non-hydrogen) atoms. The Hall–Kier alpha value is -2.13. The third kappa shape index (κ3) is 4.40. The monoisotopic (exact) mass is 424 g/mol. The molecule has 0 radical (unpaired) electrons. The largest absolute Gasteiger partial charge is 0.466 e. The van der Waals surface area contributed by atoms with Gasteiger partial charge in [-0.1, -0.05) is 17.7 Å². The number of benzene rings is 1. The Morgan fingerprint density at radius 3 is 2.38 bits per heavy atom. The van der Waals surface area contributed by atoms with Crippen LogP contribution < -0.4 is 5.32 Å². The van der Waals surface area contributed by atoms with E-state index in [2.05, 4.69) is 5.32 Å². The second-order valence-corrected chi connectivity index (χ2v) is 10.3. The highest BCUT2D eigenvalue weighted by Crippen LogP contribution is 2.49. The fourth-order valence-electron chi connectivity index (χ4n) is 3.85. The van der Waals surface area contributed by atoms with E-state index in [1.165, 1.54) is 4.31 Å². The van der Waals surface area contributed by atoms with Crippen LogP contribution in [0.1, 0.15) is 39.7 Å². The van der Waals surface area contributed by atoms with Gasteiger partial charge in [0.15, 0.2) is 0 Å². The lowest BCUT2D eigenvalue weighted by Gasteiger charge is -2.26. The molecule has 2 aliphatic rings. The first-order valence-corrected chi connectivity index (χ1v) is 11.2. The first-order chi connectivity index (χ1) is 13.5. The van der Waals surface area contributed by atoms with Crippen molar-refractivity contribution < 1.29 is 27.5 Å². The average molecular weight is 425 g/mol. The predicted molar refractivity (Wildman–Crippen MR) is 106 cm³/mol. The lowest BCUT2D eigenvalue weighted by Crippen LogP contribution is -2.48. The van der Waals surface area contributed by atoms with Gasteiger partial charge in [0.05, 0.1) is 29.5 Å². The lowest BCUT2D eigenvalue weighted by molar-refractivity contribution is -0.148. The molecule has 0 bridgehead atoms. The minimum absolute atomic E-state index is 0.196. The van der Waals surface area contributed by atoms with E-state index in [4.69, 9.17) is 9.47 Å². The van der Waals surface area contributed by atoms with Crippen LogP contribution in [0.15, 0.2) is 29.2 Å². The molecule has 1 amide bonds. The van der Waals surface area contributed by atoms with E-state index in [0.717, 1.165) is 5.56 Å². The number of alkyl carbamates (subject to hydrolysis) is 1. The summed E-state index contributed by atoms with van der Waals surface area (Å²) in [6.45, 7) is 9.01. The molecular weight excluding hydrogens is 396 g/mol. The SMILES string of the molecule is CCOC(=O)[C@H]1C[C@H]2[C@@H]([C@@H]1NC(=O)OC(C)(C)C)N2S(=O)(=O)c1ccc(C)cc1. The van der Waals surface area contributed by atoms with Crippen LogP contribution in [0.3, 0.4) is 0 Å². The molecule has 5 atom stereocenters. The van der Waals surface area contributed by atoms with Crippen molar-refractivity contribution in [2.45, 2.75) is 69.7 Å².